The summed E-state index contributed by atoms with van der Waals surface area (Å²) in [4.78, 5) is 6.40. The average Bonchev–Trinajstić information content (AvgIpc) is 2.65. The van der Waals surface area contributed by atoms with Crippen LogP contribution in [0.2, 0.25) is 5.15 Å². The van der Waals surface area contributed by atoms with Gasteiger partial charge >= 0.3 is 0 Å². The number of aromatic nitrogens is 1. The molecule has 1 aromatic rings. The van der Waals surface area contributed by atoms with Crippen LogP contribution in [0.5, 0.6) is 0 Å². The van der Waals surface area contributed by atoms with Gasteiger partial charge in [-0.1, -0.05) is 11.6 Å². The van der Waals surface area contributed by atoms with Crippen molar-refractivity contribution in [1.82, 2.24) is 4.98 Å². The van der Waals surface area contributed by atoms with Crippen LogP contribution in [-0.4, -0.2) is 29.3 Å². The fourth-order valence-corrected chi connectivity index (χ4v) is 2.87. The molecule has 0 aliphatic carbocycles. The van der Waals surface area contributed by atoms with E-state index in [1.54, 1.807) is 11.3 Å². The van der Waals surface area contributed by atoms with E-state index < -0.39 is 0 Å². The summed E-state index contributed by atoms with van der Waals surface area (Å²) >= 11 is 7.33. The van der Waals surface area contributed by atoms with Crippen molar-refractivity contribution in [1.29, 1.82) is 0 Å². The number of aliphatic hydroxyl groups is 1. The maximum Gasteiger partial charge on any atom is 0.187 e. The van der Waals surface area contributed by atoms with Gasteiger partial charge in [-0.2, -0.15) is 0 Å². The van der Waals surface area contributed by atoms with Gasteiger partial charge in [0.2, 0.25) is 0 Å². The van der Waals surface area contributed by atoms with E-state index in [4.69, 9.17) is 11.6 Å². The van der Waals surface area contributed by atoms with Gasteiger partial charge in [-0.15, -0.1) is 11.3 Å². The zero-order valence-corrected chi connectivity index (χ0v) is 9.39. The van der Waals surface area contributed by atoms with Crippen LogP contribution in [0.25, 0.3) is 0 Å². The van der Waals surface area contributed by atoms with E-state index in [-0.39, 0.29) is 12.6 Å². The van der Waals surface area contributed by atoms with Crippen molar-refractivity contribution in [3.8, 4) is 0 Å². The molecule has 5 heteroatoms. The Balaban J connectivity index is 2.14. The summed E-state index contributed by atoms with van der Waals surface area (Å²) in [6.45, 7) is 1.19. The minimum Gasteiger partial charge on any atom is -0.394 e. The maximum atomic E-state index is 9.23. The molecule has 1 fully saturated rings. The van der Waals surface area contributed by atoms with E-state index in [2.05, 4.69) is 9.88 Å². The Morgan fingerprint density at radius 2 is 2.50 bits per heavy atom. The molecular formula is C9H13ClN2OS. The first kappa shape index (κ1) is 10.2. The molecule has 1 N–H and O–H groups in total. The number of hydrogen-bond donors (Lipinski definition) is 1. The fraction of sp³-hybridized carbons (Fsp3) is 0.667. The molecular weight excluding hydrogens is 220 g/mol. The predicted octanol–water partition coefficient (Wildman–Crippen LogP) is 2.15. The summed E-state index contributed by atoms with van der Waals surface area (Å²) in [6.07, 6.45) is 3.42. The van der Waals surface area contributed by atoms with Gasteiger partial charge in [0, 0.05) is 11.9 Å². The molecule has 1 aliphatic heterocycles. The normalized spacial score (nSPS) is 22.7. The Labute approximate surface area is 92.3 Å². The lowest BCUT2D eigenvalue weighted by Crippen LogP contribution is -2.41. The summed E-state index contributed by atoms with van der Waals surface area (Å²) in [5, 5.41) is 12.6. The van der Waals surface area contributed by atoms with Crippen molar-refractivity contribution < 1.29 is 5.11 Å². The quantitative estimate of drug-likeness (QED) is 0.849. The Hall–Kier alpha value is -0.320. The van der Waals surface area contributed by atoms with Gasteiger partial charge in [-0.05, 0) is 19.3 Å². The van der Waals surface area contributed by atoms with E-state index in [0.29, 0.717) is 5.15 Å². The van der Waals surface area contributed by atoms with Crippen LogP contribution >= 0.6 is 22.9 Å². The molecule has 1 saturated heterocycles. The summed E-state index contributed by atoms with van der Waals surface area (Å²) in [6, 6.07) is 0.228. The highest BCUT2D eigenvalue weighted by atomic mass is 35.5. The zero-order chi connectivity index (χ0) is 9.97. The molecule has 2 rings (SSSR count). The number of rotatable bonds is 2. The monoisotopic (exact) mass is 232 g/mol. The van der Waals surface area contributed by atoms with Gasteiger partial charge < -0.3 is 10.0 Å². The zero-order valence-electron chi connectivity index (χ0n) is 7.82. The maximum absolute atomic E-state index is 9.23. The predicted molar refractivity (Wildman–Crippen MR) is 59.2 cm³/mol. The Kier molecular flexibility index (Phi) is 3.26. The van der Waals surface area contributed by atoms with Crippen LogP contribution in [0.1, 0.15) is 19.3 Å². The van der Waals surface area contributed by atoms with E-state index in [0.717, 1.165) is 18.1 Å². The lowest BCUT2D eigenvalue weighted by molar-refractivity contribution is 0.240. The van der Waals surface area contributed by atoms with Crippen LogP contribution in [0.4, 0.5) is 5.13 Å². The lowest BCUT2D eigenvalue weighted by Gasteiger charge is -2.34. The number of thiazole rings is 1. The van der Waals surface area contributed by atoms with E-state index in [1.807, 2.05) is 5.38 Å². The first-order valence-electron chi connectivity index (χ1n) is 4.80. The van der Waals surface area contributed by atoms with Gasteiger partial charge in [0.15, 0.2) is 5.13 Å². The number of halogens is 1. The standard InChI is InChI=1S/C9H13ClN2OS/c10-8-6-14-9(11-8)12-4-2-1-3-7(12)5-13/h6-7,13H,1-5H2. The smallest absolute Gasteiger partial charge is 0.187 e. The SMILES string of the molecule is OCC1CCCCN1c1nc(Cl)cs1. The molecule has 1 unspecified atom stereocenters. The van der Waals surface area contributed by atoms with Crippen molar-refractivity contribution in [3.63, 3.8) is 0 Å². The van der Waals surface area contributed by atoms with Crippen molar-refractivity contribution in [2.75, 3.05) is 18.1 Å². The summed E-state index contributed by atoms with van der Waals surface area (Å²) in [5.41, 5.74) is 0. The fourth-order valence-electron chi connectivity index (χ4n) is 1.82. The Morgan fingerprint density at radius 3 is 3.14 bits per heavy atom. The third kappa shape index (κ3) is 2.02. The second-order valence-electron chi connectivity index (χ2n) is 3.48. The number of nitrogens with zero attached hydrogens (tertiary/aromatic N) is 2. The molecule has 14 heavy (non-hydrogen) atoms. The Bertz CT molecular complexity index is 305. The van der Waals surface area contributed by atoms with Crippen LogP contribution in [-0.2, 0) is 0 Å². The molecule has 1 atom stereocenters. The van der Waals surface area contributed by atoms with E-state index in [9.17, 15) is 5.11 Å². The van der Waals surface area contributed by atoms with Gasteiger partial charge in [0.05, 0.1) is 12.6 Å². The first-order valence-corrected chi connectivity index (χ1v) is 6.05. The number of piperidine rings is 1. The van der Waals surface area contributed by atoms with Gasteiger partial charge in [0.1, 0.15) is 5.15 Å². The minimum atomic E-state index is 0.206. The van der Waals surface area contributed by atoms with Crippen molar-refractivity contribution in [3.05, 3.63) is 10.5 Å². The average molecular weight is 233 g/mol. The molecule has 0 saturated carbocycles. The molecule has 3 nitrogen and oxygen atoms in total. The van der Waals surface area contributed by atoms with Gasteiger partial charge in [-0.25, -0.2) is 4.98 Å². The number of anilines is 1. The summed E-state index contributed by atoms with van der Waals surface area (Å²) in [5.74, 6) is 0. The highest BCUT2D eigenvalue weighted by molar-refractivity contribution is 7.14. The van der Waals surface area contributed by atoms with Crippen LogP contribution in [0.3, 0.4) is 0 Å². The number of hydrogen-bond acceptors (Lipinski definition) is 4. The third-order valence-corrected chi connectivity index (χ3v) is 3.75. The molecule has 0 spiro atoms. The molecule has 78 valence electrons. The van der Waals surface area contributed by atoms with Crippen LogP contribution < -0.4 is 4.90 Å². The first-order chi connectivity index (χ1) is 6.81. The summed E-state index contributed by atoms with van der Waals surface area (Å²) in [7, 11) is 0. The highest BCUT2D eigenvalue weighted by Gasteiger charge is 2.23. The van der Waals surface area contributed by atoms with Crippen molar-refractivity contribution in [2.45, 2.75) is 25.3 Å². The second-order valence-corrected chi connectivity index (χ2v) is 4.70. The van der Waals surface area contributed by atoms with Crippen LogP contribution in [0, 0.1) is 0 Å². The Morgan fingerprint density at radius 1 is 1.64 bits per heavy atom. The third-order valence-electron chi connectivity index (χ3n) is 2.55. The van der Waals surface area contributed by atoms with Crippen molar-refractivity contribution >= 4 is 28.1 Å². The highest BCUT2D eigenvalue weighted by Crippen LogP contribution is 2.28. The van der Waals surface area contributed by atoms with E-state index in [1.165, 1.54) is 12.8 Å². The molecule has 0 amide bonds. The minimum absolute atomic E-state index is 0.206. The van der Waals surface area contributed by atoms with Gasteiger partial charge in [0.25, 0.3) is 0 Å². The lowest BCUT2D eigenvalue weighted by atomic mass is 10.0. The molecule has 0 bridgehead atoms. The number of aliphatic hydroxyl groups excluding tert-OH is 1. The van der Waals surface area contributed by atoms with Gasteiger partial charge in [-0.3, -0.25) is 0 Å². The van der Waals surface area contributed by atoms with E-state index >= 15 is 0 Å². The second kappa shape index (κ2) is 4.47. The molecule has 1 aromatic heterocycles. The molecule has 0 radical (unpaired) electrons. The summed E-state index contributed by atoms with van der Waals surface area (Å²) < 4.78 is 0. The topological polar surface area (TPSA) is 36.4 Å². The molecule has 0 aromatic carbocycles. The molecule has 2 heterocycles. The van der Waals surface area contributed by atoms with Crippen LogP contribution in [0.15, 0.2) is 5.38 Å². The molecule has 1 aliphatic rings. The van der Waals surface area contributed by atoms with Crippen molar-refractivity contribution in [2.24, 2.45) is 0 Å². The largest absolute Gasteiger partial charge is 0.394 e.